The fourth-order valence-corrected chi connectivity index (χ4v) is 3.36. The van der Waals surface area contributed by atoms with Gasteiger partial charge in [-0.1, -0.05) is 13.3 Å². The maximum atomic E-state index is 11.5. The molecule has 0 bridgehead atoms. The highest BCUT2D eigenvalue weighted by atomic mass is 16.4. The molecule has 1 heterocycles. The molecule has 7 nitrogen and oxygen atoms in total. The molecule has 1 aliphatic heterocycles. The second-order valence-corrected chi connectivity index (χ2v) is 6.48. The number of rotatable bonds is 8. The highest BCUT2D eigenvalue weighted by Crippen LogP contribution is 2.23. The third-order valence-electron chi connectivity index (χ3n) is 4.36. The van der Waals surface area contributed by atoms with Crippen LogP contribution in [0.2, 0.25) is 0 Å². The van der Waals surface area contributed by atoms with Gasteiger partial charge in [0.1, 0.15) is 6.04 Å². The Morgan fingerprint density at radius 2 is 1.91 bits per heavy atom. The average molecular weight is 327 g/mol. The van der Waals surface area contributed by atoms with Crippen LogP contribution in [-0.2, 0) is 14.4 Å². The molecule has 2 amide bonds. The van der Waals surface area contributed by atoms with Gasteiger partial charge in [0.25, 0.3) is 0 Å². The molecule has 0 aromatic carbocycles. The van der Waals surface area contributed by atoms with Crippen LogP contribution in [0.15, 0.2) is 0 Å². The van der Waals surface area contributed by atoms with Crippen LogP contribution in [-0.4, -0.2) is 59.0 Å². The minimum Gasteiger partial charge on any atom is -0.480 e. The molecular formula is C16H29N3O4. The maximum Gasteiger partial charge on any atom is 0.321 e. The van der Waals surface area contributed by atoms with E-state index in [1.54, 1.807) is 0 Å². The van der Waals surface area contributed by atoms with Gasteiger partial charge in [-0.25, -0.2) is 0 Å². The van der Waals surface area contributed by atoms with Crippen molar-refractivity contribution in [3.63, 3.8) is 0 Å². The predicted molar refractivity (Wildman–Crippen MR) is 86.9 cm³/mol. The Balaban J connectivity index is 2.76. The molecule has 0 radical (unpaired) electrons. The number of hydrogen-bond donors (Lipinski definition) is 3. The van der Waals surface area contributed by atoms with Crippen LogP contribution in [0.5, 0.6) is 0 Å². The first-order valence-corrected chi connectivity index (χ1v) is 8.25. The maximum absolute atomic E-state index is 11.5. The van der Waals surface area contributed by atoms with Crippen LogP contribution in [0.25, 0.3) is 0 Å². The molecule has 0 aromatic heterocycles. The Bertz CT molecular complexity index is 441. The zero-order valence-electron chi connectivity index (χ0n) is 14.5. The molecule has 132 valence electrons. The van der Waals surface area contributed by atoms with E-state index in [1.807, 2.05) is 11.8 Å². The molecule has 1 fully saturated rings. The van der Waals surface area contributed by atoms with Crippen molar-refractivity contribution in [2.75, 3.05) is 13.1 Å². The minimum atomic E-state index is -0.861. The lowest BCUT2D eigenvalue weighted by molar-refractivity contribution is -0.142. The predicted octanol–water partition coefficient (Wildman–Crippen LogP) is 0.591. The third kappa shape index (κ3) is 6.17. The van der Waals surface area contributed by atoms with E-state index in [9.17, 15) is 19.5 Å². The second-order valence-electron chi connectivity index (χ2n) is 6.48. The molecule has 0 spiro atoms. The van der Waals surface area contributed by atoms with Gasteiger partial charge in [-0.3, -0.25) is 19.3 Å². The number of nitrogens with one attached hydrogen (secondary N) is 2. The molecule has 4 atom stereocenters. The number of hydrogen-bond acceptors (Lipinski definition) is 4. The zero-order chi connectivity index (χ0) is 17.6. The van der Waals surface area contributed by atoms with Gasteiger partial charge in [0, 0.05) is 39.0 Å². The van der Waals surface area contributed by atoms with E-state index in [2.05, 4.69) is 17.6 Å². The highest BCUT2D eigenvalue weighted by Gasteiger charge is 2.38. The van der Waals surface area contributed by atoms with Crippen LogP contribution >= 0.6 is 0 Å². The van der Waals surface area contributed by atoms with Crippen molar-refractivity contribution in [2.45, 2.75) is 65.1 Å². The molecule has 3 N–H and O–H groups in total. The Morgan fingerprint density at radius 3 is 2.39 bits per heavy atom. The molecule has 7 heteroatoms. The normalized spacial score (nSPS) is 24.0. The highest BCUT2D eigenvalue weighted by molar-refractivity contribution is 5.76. The number of carboxylic acid groups (broad SMARTS) is 1. The number of carboxylic acids is 1. The molecule has 1 rings (SSSR count). The summed E-state index contributed by atoms with van der Waals surface area (Å²) < 4.78 is 0. The molecule has 1 saturated heterocycles. The van der Waals surface area contributed by atoms with Gasteiger partial charge in [0.15, 0.2) is 0 Å². The Kier molecular flexibility index (Phi) is 7.48. The van der Waals surface area contributed by atoms with Crippen molar-refractivity contribution < 1.29 is 19.5 Å². The van der Waals surface area contributed by atoms with Gasteiger partial charge < -0.3 is 15.7 Å². The van der Waals surface area contributed by atoms with Crippen molar-refractivity contribution in [3.05, 3.63) is 0 Å². The van der Waals surface area contributed by atoms with Crippen LogP contribution in [0.1, 0.15) is 47.0 Å². The summed E-state index contributed by atoms with van der Waals surface area (Å²) in [5, 5.41) is 15.2. The minimum absolute atomic E-state index is 0.0123. The summed E-state index contributed by atoms with van der Waals surface area (Å²) in [5.74, 6) is -0.897. The van der Waals surface area contributed by atoms with E-state index in [-0.39, 0.29) is 29.8 Å². The second kappa shape index (κ2) is 8.86. The lowest BCUT2D eigenvalue weighted by Crippen LogP contribution is -2.46. The van der Waals surface area contributed by atoms with E-state index in [0.717, 1.165) is 12.8 Å². The SMILES string of the molecule is CCCC(CN1C[C@H](NC(C)=O)C[C@@H]1C(=O)O)C(C)NC(C)=O. The van der Waals surface area contributed by atoms with Crippen molar-refractivity contribution >= 4 is 17.8 Å². The fraction of sp³-hybridized carbons (Fsp3) is 0.812. The quantitative estimate of drug-likeness (QED) is 0.606. The zero-order valence-corrected chi connectivity index (χ0v) is 14.5. The number of carbonyl (C=O) groups excluding carboxylic acids is 2. The van der Waals surface area contributed by atoms with Crippen LogP contribution in [0.3, 0.4) is 0 Å². The summed E-state index contributed by atoms with van der Waals surface area (Å²) in [6, 6.07) is -0.732. The van der Waals surface area contributed by atoms with E-state index < -0.39 is 12.0 Å². The monoisotopic (exact) mass is 327 g/mol. The van der Waals surface area contributed by atoms with Crippen molar-refractivity contribution in [1.82, 2.24) is 15.5 Å². The third-order valence-corrected chi connectivity index (χ3v) is 4.36. The molecule has 0 aliphatic carbocycles. The number of nitrogens with zero attached hydrogens (tertiary/aromatic N) is 1. The van der Waals surface area contributed by atoms with Crippen molar-refractivity contribution in [1.29, 1.82) is 0 Å². The first kappa shape index (κ1) is 19.4. The summed E-state index contributed by atoms with van der Waals surface area (Å²) in [5.41, 5.74) is 0. The lowest BCUT2D eigenvalue weighted by atomic mass is 9.95. The van der Waals surface area contributed by atoms with E-state index in [1.165, 1.54) is 13.8 Å². The number of carbonyl (C=O) groups is 3. The molecule has 1 aliphatic rings. The van der Waals surface area contributed by atoms with Gasteiger partial charge in [-0.05, 0) is 25.7 Å². The number of amides is 2. The summed E-state index contributed by atoms with van der Waals surface area (Å²) in [6.45, 7) is 8.09. The van der Waals surface area contributed by atoms with Crippen LogP contribution in [0, 0.1) is 5.92 Å². The molecule has 2 unspecified atom stereocenters. The number of aliphatic carboxylic acids is 1. The molecule has 23 heavy (non-hydrogen) atoms. The summed E-state index contributed by atoms with van der Waals surface area (Å²) in [4.78, 5) is 35.9. The van der Waals surface area contributed by atoms with E-state index >= 15 is 0 Å². The first-order chi connectivity index (χ1) is 10.7. The Hall–Kier alpha value is -1.63. The molecule has 0 saturated carbocycles. The molecular weight excluding hydrogens is 298 g/mol. The standard InChI is InChI=1S/C16H29N3O4/c1-5-6-13(10(2)17-11(3)20)8-19-9-14(18-12(4)21)7-15(19)16(22)23/h10,13-15H,5-9H2,1-4H3,(H,17,20)(H,18,21)(H,22,23)/t10?,13?,14-,15-/m1/s1. The van der Waals surface area contributed by atoms with Crippen molar-refractivity contribution in [3.8, 4) is 0 Å². The topological polar surface area (TPSA) is 98.7 Å². The number of likely N-dealkylation sites (tertiary alicyclic amines) is 1. The molecule has 0 aromatic rings. The van der Waals surface area contributed by atoms with Gasteiger partial charge >= 0.3 is 5.97 Å². The fourth-order valence-electron chi connectivity index (χ4n) is 3.36. The van der Waals surface area contributed by atoms with Crippen LogP contribution in [0.4, 0.5) is 0 Å². The Morgan fingerprint density at radius 1 is 1.26 bits per heavy atom. The summed E-state index contributed by atoms with van der Waals surface area (Å²) in [7, 11) is 0. The first-order valence-electron chi connectivity index (χ1n) is 8.25. The van der Waals surface area contributed by atoms with Gasteiger partial charge in [0.2, 0.25) is 11.8 Å². The summed E-state index contributed by atoms with van der Waals surface area (Å²) >= 11 is 0. The van der Waals surface area contributed by atoms with Gasteiger partial charge in [0.05, 0.1) is 0 Å². The summed E-state index contributed by atoms with van der Waals surface area (Å²) in [6.07, 6.45) is 2.30. The van der Waals surface area contributed by atoms with Crippen molar-refractivity contribution in [2.24, 2.45) is 5.92 Å². The van der Waals surface area contributed by atoms with Gasteiger partial charge in [-0.2, -0.15) is 0 Å². The smallest absolute Gasteiger partial charge is 0.321 e. The van der Waals surface area contributed by atoms with E-state index in [4.69, 9.17) is 0 Å². The average Bonchev–Trinajstić information content (AvgIpc) is 2.79. The van der Waals surface area contributed by atoms with Gasteiger partial charge in [-0.15, -0.1) is 0 Å². The largest absolute Gasteiger partial charge is 0.480 e. The van der Waals surface area contributed by atoms with E-state index in [0.29, 0.717) is 19.5 Å². The Labute approximate surface area is 137 Å². The lowest BCUT2D eigenvalue weighted by Gasteiger charge is -2.30. The van der Waals surface area contributed by atoms with Crippen LogP contribution < -0.4 is 10.6 Å².